The Bertz CT molecular complexity index is 822. The lowest BCUT2D eigenvalue weighted by Gasteiger charge is -2.17. The maximum atomic E-state index is 11.9. The predicted molar refractivity (Wildman–Crippen MR) is 91.3 cm³/mol. The first kappa shape index (κ1) is 18.0. The number of phenolic OH excluding ortho intramolecular Hbond substituents is 1. The minimum Gasteiger partial charge on any atom is -0.507 e. The molecule has 0 fully saturated rings. The number of carboxylic acids is 1. The highest BCUT2D eigenvalue weighted by molar-refractivity contribution is 5.85. The zero-order valence-corrected chi connectivity index (χ0v) is 14.3. The highest BCUT2D eigenvalue weighted by atomic mass is 16.4. The van der Waals surface area contributed by atoms with Gasteiger partial charge in [-0.3, -0.25) is 4.79 Å². The summed E-state index contributed by atoms with van der Waals surface area (Å²) in [6, 6.07) is 2.49. The molecule has 0 radical (unpaired) electrons. The fourth-order valence-corrected chi connectivity index (χ4v) is 2.69. The average Bonchev–Trinajstić information content (AvgIpc) is 2.50. The predicted octanol–water partition coefficient (Wildman–Crippen LogP) is 2.70. The summed E-state index contributed by atoms with van der Waals surface area (Å²) in [7, 11) is 0. The number of carbonyl (C=O) groups is 1. The molecular formula is C18H23NO5. The largest absolute Gasteiger partial charge is 0.507 e. The van der Waals surface area contributed by atoms with Crippen LogP contribution < -0.4 is 10.9 Å². The van der Waals surface area contributed by atoms with Crippen molar-refractivity contribution < 1.29 is 19.4 Å². The van der Waals surface area contributed by atoms with Crippen LogP contribution in [-0.4, -0.2) is 22.2 Å². The van der Waals surface area contributed by atoms with E-state index in [0.717, 1.165) is 10.9 Å². The quantitative estimate of drug-likeness (QED) is 0.703. The molecule has 1 aromatic carbocycles. The number of benzene rings is 1. The second-order valence-corrected chi connectivity index (χ2v) is 6.48. The Morgan fingerprint density at radius 2 is 1.92 bits per heavy atom. The van der Waals surface area contributed by atoms with E-state index in [1.54, 1.807) is 13.0 Å². The van der Waals surface area contributed by atoms with Crippen molar-refractivity contribution in [3.05, 3.63) is 39.2 Å². The Kier molecular flexibility index (Phi) is 5.29. The van der Waals surface area contributed by atoms with Gasteiger partial charge in [0.1, 0.15) is 17.4 Å². The van der Waals surface area contributed by atoms with Crippen molar-refractivity contribution in [2.24, 2.45) is 5.92 Å². The summed E-state index contributed by atoms with van der Waals surface area (Å²) in [5, 5.41) is 23.1. The third-order valence-electron chi connectivity index (χ3n) is 4.23. The second-order valence-electron chi connectivity index (χ2n) is 6.48. The van der Waals surface area contributed by atoms with Crippen LogP contribution >= 0.6 is 0 Å². The van der Waals surface area contributed by atoms with Crippen molar-refractivity contribution in [1.29, 1.82) is 0 Å². The molecule has 6 heteroatoms. The lowest BCUT2D eigenvalue weighted by Crippen LogP contribution is -2.37. The van der Waals surface area contributed by atoms with Gasteiger partial charge in [-0.2, -0.15) is 0 Å². The van der Waals surface area contributed by atoms with E-state index < -0.39 is 17.6 Å². The molecule has 0 spiro atoms. The molecular weight excluding hydrogens is 310 g/mol. The molecule has 24 heavy (non-hydrogen) atoms. The van der Waals surface area contributed by atoms with E-state index in [1.165, 1.54) is 6.07 Å². The van der Waals surface area contributed by atoms with Gasteiger partial charge < -0.3 is 19.9 Å². The monoisotopic (exact) mass is 333 g/mol. The van der Waals surface area contributed by atoms with Crippen LogP contribution in [0.15, 0.2) is 21.3 Å². The molecule has 0 amide bonds. The fraction of sp³-hybridized carbons (Fsp3) is 0.444. The molecule has 1 unspecified atom stereocenters. The standard InChI is InChI=1S/C18H23NO5/c1-9(2)7-14(17(21)22)19-8-13-15(20)6-5-12-10(3)11(4)18(23)24-16(12)13/h5-6,9,14,19-20H,7-8H2,1-4H3,(H,21,22). The molecule has 3 N–H and O–H groups in total. The van der Waals surface area contributed by atoms with Gasteiger partial charge in [-0.05, 0) is 43.9 Å². The molecule has 2 rings (SSSR count). The Labute approximate surface area is 140 Å². The summed E-state index contributed by atoms with van der Waals surface area (Å²) < 4.78 is 5.36. The summed E-state index contributed by atoms with van der Waals surface area (Å²) in [4.78, 5) is 23.3. The van der Waals surface area contributed by atoms with Gasteiger partial charge in [-0.25, -0.2) is 4.79 Å². The summed E-state index contributed by atoms with van der Waals surface area (Å²) in [5.74, 6) is -0.769. The summed E-state index contributed by atoms with van der Waals surface area (Å²) in [5.41, 5.74) is 1.55. The van der Waals surface area contributed by atoms with Crippen molar-refractivity contribution in [1.82, 2.24) is 5.32 Å². The fourth-order valence-electron chi connectivity index (χ4n) is 2.69. The van der Waals surface area contributed by atoms with E-state index in [0.29, 0.717) is 23.1 Å². The molecule has 0 bridgehead atoms. The molecule has 130 valence electrons. The molecule has 2 aromatic rings. The van der Waals surface area contributed by atoms with Gasteiger partial charge in [0.05, 0.1) is 5.56 Å². The maximum absolute atomic E-state index is 11.9. The van der Waals surface area contributed by atoms with Crippen LogP contribution in [0.1, 0.15) is 37.0 Å². The van der Waals surface area contributed by atoms with Crippen molar-refractivity contribution in [3.8, 4) is 5.75 Å². The van der Waals surface area contributed by atoms with E-state index in [2.05, 4.69) is 5.32 Å². The van der Waals surface area contributed by atoms with Crippen LogP contribution in [0.4, 0.5) is 0 Å². The van der Waals surface area contributed by atoms with Gasteiger partial charge >= 0.3 is 11.6 Å². The van der Waals surface area contributed by atoms with E-state index in [-0.39, 0.29) is 18.2 Å². The third-order valence-corrected chi connectivity index (χ3v) is 4.23. The zero-order chi connectivity index (χ0) is 18.0. The molecule has 1 heterocycles. The first-order chi connectivity index (χ1) is 11.2. The van der Waals surface area contributed by atoms with Crippen LogP contribution in [0, 0.1) is 19.8 Å². The van der Waals surface area contributed by atoms with Gasteiger partial charge in [0, 0.05) is 17.5 Å². The van der Waals surface area contributed by atoms with E-state index >= 15 is 0 Å². The zero-order valence-electron chi connectivity index (χ0n) is 14.3. The molecule has 0 saturated carbocycles. The number of phenols is 1. The van der Waals surface area contributed by atoms with E-state index in [4.69, 9.17) is 4.42 Å². The van der Waals surface area contributed by atoms with Gasteiger partial charge in [0.2, 0.25) is 0 Å². The normalized spacial score (nSPS) is 12.7. The van der Waals surface area contributed by atoms with Crippen molar-refractivity contribution >= 4 is 16.9 Å². The highest BCUT2D eigenvalue weighted by Crippen LogP contribution is 2.29. The van der Waals surface area contributed by atoms with Gasteiger partial charge in [-0.15, -0.1) is 0 Å². The van der Waals surface area contributed by atoms with Crippen molar-refractivity contribution in [2.75, 3.05) is 0 Å². The molecule has 0 aliphatic rings. The third kappa shape index (κ3) is 3.59. The average molecular weight is 333 g/mol. The Hall–Kier alpha value is -2.34. The van der Waals surface area contributed by atoms with E-state index in [9.17, 15) is 19.8 Å². The Morgan fingerprint density at radius 1 is 1.25 bits per heavy atom. The van der Waals surface area contributed by atoms with Crippen LogP contribution in [0.25, 0.3) is 11.0 Å². The molecule has 6 nitrogen and oxygen atoms in total. The second kappa shape index (κ2) is 7.05. The maximum Gasteiger partial charge on any atom is 0.339 e. The van der Waals surface area contributed by atoms with Crippen molar-refractivity contribution in [3.63, 3.8) is 0 Å². The van der Waals surface area contributed by atoms with Crippen LogP contribution in [0.3, 0.4) is 0 Å². The van der Waals surface area contributed by atoms with Gasteiger partial charge in [0.15, 0.2) is 0 Å². The number of rotatable bonds is 6. The number of carboxylic acid groups (broad SMARTS) is 1. The molecule has 1 atom stereocenters. The number of aryl methyl sites for hydroxylation is 1. The number of nitrogens with one attached hydrogen (secondary N) is 1. The van der Waals surface area contributed by atoms with Crippen molar-refractivity contribution in [2.45, 2.75) is 46.7 Å². The first-order valence-electron chi connectivity index (χ1n) is 7.93. The first-order valence-corrected chi connectivity index (χ1v) is 7.93. The Balaban J connectivity index is 2.43. The highest BCUT2D eigenvalue weighted by Gasteiger charge is 2.20. The van der Waals surface area contributed by atoms with Gasteiger partial charge in [-0.1, -0.05) is 13.8 Å². The molecule has 0 aliphatic carbocycles. The molecule has 1 aromatic heterocycles. The van der Waals surface area contributed by atoms with Crippen LogP contribution in [0.2, 0.25) is 0 Å². The van der Waals surface area contributed by atoms with Crippen LogP contribution in [0.5, 0.6) is 5.75 Å². The lowest BCUT2D eigenvalue weighted by atomic mass is 10.0. The number of aromatic hydroxyl groups is 1. The van der Waals surface area contributed by atoms with Gasteiger partial charge in [0.25, 0.3) is 0 Å². The summed E-state index contributed by atoms with van der Waals surface area (Å²) in [6.07, 6.45) is 0.461. The number of aliphatic carboxylic acids is 1. The summed E-state index contributed by atoms with van der Waals surface area (Å²) >= 11 is 0. The Morgan fingerprint density at radius 3 is 2.50 bits per heavy atom. The topological polar surface area (TPSA) is 99.8 Å². The minimum atomic E-state index is -0.947. The lowest BCUT2D eigenvalue weighted by molar-refractivity contribution is -0.140. The number of hydrogen-bond donors (Lipinski definition) is 3. The summed E-state index contributed by atoms with van der Waals surface area (Å²) in [6.45, 7) is 7.49. The molecule has 0 saturated heterocycles. The smallest absolute Gasteiger partial charge is 0.339 e. The number of fused-ring (bicyclic) bond motifs is 1. The SMILES string of the molecule is Cc1c(C)c2ccc(O)c(CNC(CC(C)C)C(=O)O)c2oc1=O. The van der Waals surface area contributed by atoms with E-state index in [1.807, 2.05) is 20.8 Å². The molecule has 0 aliphatic heterocycles. The van der Waals surface area contributed by atoms with Crippen LogP contribution in [-0.2, 0) is 11.3 Å². The minimum absolute atomic E-state index is 0.0323. The number of hydrogen-bond acceptors (Lipinski definition) is 5.